The molecule has 37 heavy (non-hydrogen) atoms. The fourth-order valence-corrected chi connectivity index (χ4v) is 4.91. The number of fused-ring (bicyclic) bond motifs is 3. The molecule has 6 nitrogen and oxygen atoms in total. The smallest absolute Gasteiger partial charge is 0.407 e. The molecule has 4 aromatic rings. The molecule has 0 heterocycles. The van der Waals surface area contributed by atoms with Crippen LogP contribution in [0.2, 0.25) is 0 Å². The maximum Gasteiger partial charge on any atom is 0.407 e. The molecule has 0 saturated carbocycles. The summed E-state index contributed by atoms with van der Waals surface area (Å²) in [5, 5.41) is 3.05. The highest BCUT2D eigenvalue weighted by Crippen LogP contribution is 2.44. The molecule has 1 N–H and O–H groups in total. The van der Waals surface area contributed by atoms with E-state index < -0.39 is 12.1 Å². The average molecular weight is 496 g/mol. The molecule has 0 aromatic heterocycles. The number of carbonyl (C=O) groups is 1. The van der Waals surface area contributed by atoms with Crippen molar-refractivity contribution in [1.29, 1.82) is 0 Å². The highest BCUT2D eigenvalue weighted by atomic mass is 16.5. The van der Waals surface area contributed by atoms with E-state index in [2.05, 4.69) is 29.6 Å². The lowest BCUT2D eigenvalue weighted by molar-refractivity contribution is 0.140. The van der Waals surface area contributed by atoms with E-state index in [-0.39, 0.29) is 12.5 Å². The van der Waals surface area contributed by atoms with Gasteiger partial charge in [-0.3, -0.25) is 0 Å². The Kier molecular flexibility index (Phi) is 6.99. The molecule has 0 radical (unpaired) electrons. The number of methoxy groups -OCH3 is 3. The molecule has 1 aliphatic carbocycles. The van der Waals surface area contributed by atoms with Gasteiger partial charge in [0.05, 0.1) is 27.4 Å². The van der Waals surface area contributed by atoms with Gasteiger partial charge in [-0.05, 0) is 57.6 Å². The summed E-state index contributed by atoms with van der Waals surface area (Å²) in [5.74, 6) is 1.96. The minimum absolute atomic E-state index is 0.0190. The van der Waals surface area contributed by atoms with E-state index in [9.17, 15) is 4.79 Å². The van der Waals surface area contributed by atoms with Gasteiger partial charge in [-0.25, -0.2) is 4.79 Å². The standard InChI is InChI=1S/C31H29NO5/c1-34-22-14-12-20(13-15-22)30(21-16-23(35-2)18-24(17-21)36-3)32-31(33)37-19-29-27-10-6-4-8-25(27)26-9-5-7-11-28(26)29/h4-18,29-30H,19H2,1-3H3,(H,32,33). The molecule has 5 rings (SSSR count). The molecule has 1 aliphatic rings. The maximum atomic E-state index is 13.2. The number of rotatable bonds is 8. The lowest BCUT2D eigenvalue weighted by Gasteiger charge is -2.22. The Bertz CT molecular complexity index is 1330. The van der Waals surface area contributed by atoms with Crippen LogP contribution in [0.4, 0.5) is 4.79 Å². The molecule has 0 bridgehead atoms. The van der Waals surface area contributed by atoms with Crippen LogP contribution in [0.25, 0.3) is 11.1 Å². The lowest BCUT2D eigenvalue weighted by Crippen LogP contribution is -2.31. The molecule has 6 heteroatoms. The molecule has 4 aromatic carbocycles. The average Bonchev–Trinajstić information content (AvgIpc) is 3.28. The van der Waals surface area contributed by atoms with Gasteiger partial charge in [-0.2, -0.15) is 0 Å². The van der Waals surface area contributed by atoms with Crippen LogP contribution in [0.15, 0.2) is 91.0 Å². The van der Waals surface area contributed by atoms with Crippen molar-refractivity contribution in [2.75, 3.05) is 27.9 Å². The minimum Gasteiger partial charge on any atom is -0.497 e. The Morgan fingerprint density at radius 2 is 1.24 bits per heavy atom. The van der Waals surface area contributed by atoms with Gasteiger partial charge in [0, 0.05) is 12.0 Å². The third-order valence-corrected chi connectivity index (χ3v) is 6.76. The Hall–Kier alpha value is -4.45. The lowest BCUT2D eigenvalue weighted by atomic mass is 9.98. The number of hydrogen-bond donors (Lipinski definition) is 1. The molecule has 0 fully saturated rings. The Morgan fingerprint density at radius 1 is 0.703 bits per heavy atom. The number of carbonyl (C=O) groups excluding carboxylic acids is 1. The summed E-state index contributed by atoms with van der Waals surface area (Å²) in [6.07, 6.45) is -0.510. The second kappa shape index (κ2) is 10.7. The second-order valence-electron chi connectivity index (χ2n) is 8.82. The SMILES string of the molecule is COc1ccc(C(NC(=O)OCC2c3ccccc3-c3ccccc32)c2cc(OC)cc(OC)c2)cc1. The third kappa shape index (κ3) is 4.96. The normalized spacial score (nSPS) is 12.7. The van der Waals surface area contributed by atoms with Gasteiger partial charge in [-0.1, -0.05) is 60.7 Å². The van der Waals surface area contributed by atoms with Crippen molar-refractivity contribution < 1.29 is 23.7 Å². The highest BCUT2D eigenvalue weighted by molar-refractivity contribution is 5.79. The van der Waals surface area contributed by atoms with Crippen molar-refractivity contribution in [3.05, 3.63) is 113 Å². The van der Waals surface area contributed by atoms with Gasteiger partial charge in [0.15, 0.2) is 0 Å². The summed E-state index contributed by atoms with van der Waals surface area (Å²) in [5.41, 5.74) is 6.37. The molecule has 188 valence electrons. The third-order valence-electron chi connectivity index (χ3n) is 6.76. The van der Waals surface area contributed by atoms with Crippen molar-refractivity contribution in [2.45, 2.75) is 12.0 Å². The number of ether oxygens (including phenoxy) is 4. The van der Waals surface area contributed by atoms with E-state index in [4.69, 9.17) is 18.9 Å². The number of amides is 1. The maximum absolute atomic E-state index is 13.2. The summed E-state index contributed by atoms with van der Waals surface area (Å²) in [6.45, 7) is 0.233. The Morgan fingerprint density at radius 3 is 1.78 bits per heavy atom. The fourth-order valence-electron chi connectivity index (χ4n) is 4.91. The Balaban J connectivity index is 1.40. The van der Waals surface area contributed by atoms with Crippen molar-refractivity contribution in [2.24, 2.45) is 0 Å². The van der Waals surface area contributed by atoms with Crippen LogP contribution in [0.1, 0.15) is 34.2 Å². The Labute approximate surface area is 216 Å². The quantitative estimate of drug-likeness (QED) is 0.309. The van der Waals surface area contributed by atoms with Crippen LogP contribution in [-0.4, -0.2) is 34.0 Å². The van der Waals surface area contributed by atoms with Gasteiger partial charge in [0.1, 0.15) is 23.9 Å². The molecule has 0 aliphatic heterocycles. The molecule has 1 unspecified atom stereocenters. The van der Waals surface area contributed by atoms with Crippen molar-refractivity contribution >= 4 is 6.09 Å². The van der Waals surface area contributed by atoms with E-state index in [1.807, 2.05) is 60.7 Å². The fraction of sp³-hybridized carbons (Fsp3) is 0.194. The van der Waals surface area contributed by atoms with Crippen LogP contribution >= 0.6 is 0 Å². The van der Waals surface area contributed by atoms with E-state index in [0.29, 0.717) is 11.5 Å². The van der Waals surface area contributed by atoms with Crippen LogP contribution in [0.5, 0.6) is 17.2 Å². The van der Waals surface area contributed by atoms with E-state index in [1.165, 1.54) is 22.3 Å². The highest BCUT2D eigenvalue weighted by Gasteiger charge is 2.29. The van der Waals surface area contributed by atoms with Crippen LogP contribution in [-0.2, 0) is 4.74 Å². The van der Waals surface area contributed by atoms with Crippen LogP contribution in [0.3, 0.4) is 0 Å². The van der Waals surface area contributed by atoms with Gasteiger partial charge < -0.3 is 24.3 Å². The topological polar surface area (TPSA) is 66.0 Å². The minimum atomic E-state index is -0.510. The van der Waals surface area contributed by atoms with Gasteiger partial charge in [0.2, 0.25) is 0 Å². The molecule has 0 saturated heterocycles. The molecule has 1 atom stereocenters. The summed E-state index contributed by atoms with van der Waals surface area (Å²) in [4.78, 5) is 13.2. The first-order valence-corrected chi connectivity index (χ1v) is 12.1. The summed E-state index contributed by atoms with van der Waals surface area (Å²) >= 11 is 0. The monoisotopic (exact) mass is 495 g/mol. The van der Waals surface area contributed by atoms with Crippen molar-refractivity contribution in [3.8, 4) is 28.4 Å². The van der Waals surface area contributed by atoms with E-state index in [0.717, 1.165) is 16.9 Å². The molecular weight excluding hydrogens is 466 g/mol. The number of alkyl carbamates (subject to hydrolysis) is 1. The molecule has 0 spiro atoms. The molecule has 1 amide bonds. The van der Waals surface area contributed by atoms with Crippen LogP contribution < -0.4 is 19.5 Å². The number of nitrogens with one attached hydrogen (secondary N) is 1. The summed E-state index contributed by atoms with van der Waals surface area (Å²) < 4.78 is 22.1. The second-order valence-corrected chi connectivity index (χ2v) is 8.82. The first-order valence-electron chi connectivity index (χ1n) is 12.1. The zero-order valence-electron chi connectivity index (χ0n) is 21.1. The van der Waals surface area contributed by atoms with Gasteiger partial charge in [0.25, 0.3) is 0 Å². The van der Waals surface area contributed by atoms with Crippen LogP contribution in [0, 0.1) is 0 Å². The number of benzene rings is 4. The van der Waals surface area contributed by atoms with Crippen molar-refractivity contribution in [3.63, 3.8) is 0 Å². The predicted molar refractivity (Wildman–Crippen MR) is 143 cm³/mol. The first kappa shape index (κ1) is 24.3. The summed E-state index contributed by atoms with van der Waals surface area (Å²) in [7, 11) is 4.81. The molecular formula is C31H29NO5. The van der Waals surface area contributed by atoms with Gasteiger partial charge >= 0.3 is 6.09 Å². The van der Waals surface area contributed by atoms with E-state index >= 15 is 0 Å². The summed E-state index contributed by atoms with van der Waals surface area (Å²) in [6, 6.07) is 29.1. The number of hydrogen-bond acceptors (Lipinski definition) is 5. The predicted octanol–water partition coefficient (Wildman–Crippen LogP) is 6.34. The largest absolute Gasteiger partial charge is 0.497 e. The van der Waals surface area contributed by atoms with Gasteiger partial charge in [-0.15, -0.1) is 0 Å². The van der Waals surface area contributed by atoms with Crippen molar-refractivity contribution in [1.82, 2.24) is 5.32 Å². The zero-order chi connectivity index (χ0) is 25.8. The zero-order valence-corrected chi connectivity index (χ0v) is 21.1. The first-order chi connectivity index (χ1) is 18.1. The van der Waals surface area contributed by atoms with E-state index in [1.54, 1.807) is 27.4 Å².